The van der Waals surface area contributed by atoms with Crippen LogP contribution in [0.3, 0.4) is 0 Å². The molecule has 5 nitrogen and oxygen atoms in total. The summed E-state index contributed by atoms with van der Waals surface area (Å²) in [5.74, 6) is 0.477. The summed E-state index contributed by atoms with van der Waals surface area (Å²) in [6.07, 6.45) is 2.47. The number of rotatable bonds is 8. The lowest BCUT2D eigenvalue weighted by atomic mass is 10.1. The first-order chi connectivity index (χ1) is 12.9. The van der Waals surface area contributed by atoms with E-state index in [0.717, 1.165) is 18.5 Å². The van der Waals surface area contributed by atoms with Gasteiger partial charge in [0.15, 0.2) is 15.8 Å². The maximum atomic E-state index is 13.6. The Balaban J connectivity index is 1.85. The van der Waals surface area contributed by atoms with Crippen molar-refractivity contribution in [3.8, 4) is 0 Å². The van der Waals surface area contributed by atoms with E-state index in [1.165, 1.54) is 12.3 Å². The zero-order valence-electron chi connectivity index (χ0n) is 15.7. The lowest BCUT2D eigenvalue weighted by molar-refractivity contribution is 0.602. The largest absolute Gasteiger partial charge is 0.357 e. The minimum atomic E-state index is -3.17. The molecule has 0 fully saturated rings. The molecule has 27 heavy (non-hydrogen) atoms. The maximum Gasteiger partial charge on any atom is 0.191 e. The van der Waals surface area contributed by atoms with E-state index in [1.807, 2.05) is 25.1 Å². The molecule has 0 aliphatic rings. The summed E-state index contributed by atoms with van der Waals surface area (Å²) >= 11 is 0. The van der Waals surface area contributed by atoms with Crippen LogP contribution in [0.15, 0.2) is 58.4 Å². The van der Waals surface area contributed by atoms with Crippen LogP contribution in [-0.4, -0.2) is 40.3 Å². The third-order valence-corrected chi connectivity index (χ3v) is 5.14. The predicted octanol–water partition coefficient (Wildman–Crippen LogP) is 2.57. The van der Waals surface area contributed by atoms with Gasteiger partial charge in [-0.2, -0.15) is 0 Å². The fraction of sp³-hybridized carbons (Fsp3) is 0.350. The van der Waals surface area contributed by atoms with Crippen LogP contribution in [-0.2, 0) is 22.7 Å². The van der Waals surface area contributed by atoms with Crippen LogP contribution in [0, 0.1) is 5.82 Å². The van der Waals surface area contributed by atoms with Crippen molar-refractivity contribution in [1.82, 2.24) is 10.6 Å². The molecule has 7 heteroatoms. The molecule has 0 unspecified atom stereocenters. The molecule has 0 spiro atoms. The highest BCUT2D eigenvalue weighted by Gasteiger charge is 2.06. The number of nitrogens with one attached hydrogen (secondary N) is 2. The maximum absolute atomic E-state index is 13.6. The normalized spacial score (nSPS) is 12.0. The van der Waals surface area contributed by atoms with Crippen LogP contribution in [0.1, 0.15) is 18.1 Å². The third-order valence-electron chi connectivity index (χ3n) is 4.01. The van der Waals surface area contributed by atoms with Gasteiger partial charge in [0.2, 0.25) is 0 Å². The molecule has 2 aromatic carbocycles. The van der Waals surface area contributed by atoms with Crippen molar-refractivity contribution in [3.63, 3.8) is 0 Å². The van der Waals surface area contributed by atoms with Crippen LogP contribution in [0.25, 0.3) is 0 Å². The monoisotopic (exact) mass is 391 g/mol. The highest BCUT2D eigenvalue weighted by molar-refractivity contribution is 7.90. The Hall–Kier alpha value is -2.41. The number of halogens is 1. The molecule has 0 aliphatic heterocycles. The molecule has 2 N–H and O–H groups in total. The molecule has 0 radical (unpaired) electrons. The Morgan fingerprint density at radius 1 is 1.04 bits per heavy atom. The topological polar surface area (TPSA) is 70.6 Å². The molecule has 0 amide bonds. The second-order valence-corrected chi connectivity index (χ2v) is 8.21. The van der Waals surface area contributed by atoms with Crippen molar-refractivity contribution < 1.29 is 12.8 Å². The lowest BCUT2D eigenvalue weighted by Gasteiger charge is -2.11. The summed E-state index contributed by atoms with van der Waals surface area (Å²) in [5.41, 5.74) is 1.69. The Kier molecular flexibility index (Phi) is 7.79. The first-order valence-electron chi connectivity index (χ1n) is 8.94. The Morgan fingerprint density at radius 3 is 2.37 bits per heavy atom. The lowest BCUT2D eigenvalue weighted by Crippen LogP contribution is -2.38. The smallest absolute Gasteiger partial charge is 0.191 e. The van der Waals surface area contributed by atoms with Gasteiger partial charge in [-0.1, -0.05) is 30.3 Å². The van der Waals surface area contributed by atoms with Crippen molar-refractivity contribution in [1.29, 1.82) is 0 Å². The van der Waals surface area contributed by atoms with Crippen molar-refractivity contribution in [3.05, 3.63) is 65.5 Å². The number of guanidine groups is 1. The number of hydrogen-bond donors (Lipinski definition) is 2. The zero-order chi connectivity index (χ0) is 19.7. The molecule has 0 heterocycles. The van der Waals surface area contributed by atoms with Gasteiger partial charge in [0.25, 0.3) is 0 Å². The second kappa shape index (κ2) is 10.1. The van der Waals surface area contributed by atoms with E-state index < -0.39 is 9.84 Å². The van der Waals surface area contributed by atoms with E-state index in [9.17, 15) is 12.8 Å². The van der Waals surface area contributed by atoms with Crippen LogP contribution < -0.4 is 10.6 Å². The molecular weight excluding hydrogens is 365 g/mol. The number of aliphatic imine (C=N–C) groups is 1. The van der Waals surface area contributed by atoms with E-state index in [4.69, 9.17) is 0 Å². The Labute approximate surface area is 160 Å². The molecule has 0 saturated carbocycles. The standard InChI is InChI=1S/C20H26FN3O2S/c1-3-22-20(24-15-13-17-6-4-5-7-19(17)21)23-14-12-16-8-10-18(11-9-16)27(2,25)26/h4-11H,3,12-15H2,1-2H3,(H2,22,23,24). The van der Waals surface area contributed by atoms with Gasteiger partial charge >= 0.3 is 0 Å². The predicted molar refractivity (Wildman–Crippen MR) is 107 cm³/mol. The van der Waals surface area contributed by atoms with Crippen LogP contribution in [0.4, 0.5) is 4.39 Å². The molecule has 0 aromatic heterocycles. The number of hydrogen-bond acceptors (Lipinski definition) is 3. The minimum absolute atomic E-state index is 0.205. The van der Waals surface area contributed by atoms with Crippen molar-refractivity contribution in [2.75, 3.05) is 25.9 Å². The van der Waals surface area contributed by atoms with Gasteiger partial charge in [-0.05, 0) is 49.1 Å². The van der Waals surface area contributed by atoms with Crippen LogP contribution in [0.5, 0.6) is 0 Å². The van der Waals surface area contributed by atoms with E-state index in [1.54, 1.807) is 24.3 Å². The molecule has 0 atom stereocenters. The molecule has 2 rings (SSSR count). The second-order valence-electron chi connectivity index (χ2n) is 6.19. The summed E-state index contributed by atoms with van der Waals surface area (Å²) in [6.45, 7) is 3.86. The summed E-state index contributed by atoms with van der Waals surface area (Å²) in [5, 5.41) is 6.41. The fourth-order valence-electron chi connectivity index (χ4n) is 2.56. The van der Waals surface area contributed by atoms with E-state index in [2.05, 4.69) is 15.6 Å². The Morgan fingerprint density at radius 2 is 1.74 bits per heavy atom. The van der Waals surface area contributed by atoms with E-state index in [0.29, 0.717) is 35.9 Å². The van der Waals surface area contributed by atoms with Gasteiger partial charge in [0.1, 0.15) is 5.82 Å². The zero-order valence-corrected chi connectivity index (χ0v) is 16.5. The van der Waals surface area contributed by atoms with Gasteiger partial charge in [0, 0.05) is 25.9 Å². The number of nitrogens with zero attached hydrogens (tertiary/aromatic N) is 1. The first-order valence-corrected chi connectivity index (χ1v) is 10.8. The highest BCUT2D eigenvalue weighted by atomic mass is 32.2. The van der Waals surface area contributed by atoms with Crippen molar-refractivity contribution in [2.24, 2.45) is 4.99 Å². The number of sulfone groups is 1. The SMILES string of the molecule is CCNC(=NCCc1ccccc1F)NCCc1ccc(S(C)(=O)=O)cc1. The average molecular weight is 392 g/mol. The van der Waals surface area contributed by atoms with Gasteiger partial charge in [-0.3, -0.25) is 4.99 Å². The molecule has 0 saturated heterocycles. The van der Waals surface area contributed by atoms with Crippen LogP contribution >= 0.6 is 0 Å². The molecule has 0 aliphatic carbocycles. The van der Waals surface area contributed by atoms with Gasteiger partial charge in [-0.15, -0.1) is 0 Å². The quantitative estimate of drug-likeness (QED) is 0.536. The first kappa shape index (κ1) is 20.9. The molecular formula is C20H26FN3O2S. The average Bonchev–Trinajstić information content (AvgIpc) is 2.63. The summed E-state index contributed by atoms with van der Waals surface area (Å²) < 4.78 is 36.6. The van der Waals surface area contributed by atoms with E-state index >= 15 is 0 Å². The molecule has 0 bridgehead atoms. The third kappa shape index (κ3) is 7.02. The molecule has 2 aromatic rings. The van der Waals surface area contributed by atoms with Gasteiger partial charge in [0.05, 0.1) is 4.90 Å². The summed E-state index contributed by atoms with van der Waals surface area (Å²) in [6, 6.07) is 13.6. The van der Waals surface area contributed by atoms with Gasteiger partial charge < -0.3 is 10.6 Å². The highest BCUT2D eigenvalue weighted by Crippen LogP contribution is 2.10. The van der Waals surface area contributed by atoms with E-state index in [-0.39, 0.29) is 5.82 Å². The van der Waals surface area contributed by atoms with Gasteiger partial charge in [-0.25, -0.2) is 12.8 Å². The molecule has 146 valence electrons. The van der Waals surface area contributed by atoms with Crippen LogP contribution in [0.2, 0.25) is 0 Å². The summed E-state index contributed by atoms with van der Waals surface area (Å²) in [4.78, 5) is 4.80. The Bertz CT molecular complexity index is 865. The fourth-order valence-corrected chi connectivity index (χ4v) is 3.19. The van der Waals surface area contributed by atoms with Crippen molar-refractivity contribution in [2.45, 2.75) is 24.7 Å². The summed E-state index contributed by atoms with van der Waals surface area (Å²) in [7, 11) is -3.17. The van der Waals surface area contributed by atoms with Crippen molar-refractivity contribution >= 4 is 15.8 Å². The number of benzene rings is 2. The minimum Gasteiger partial charge on any atom is -0.357 e.